The highest BCUT2D eigenvalue weighted by Gasteiger charge is 2.39. The van der Waals surface area contributed by atoms with Crippen molar-refractivity contribution in [2.24, 2.45) is 0 Å². The molecule has 1 saturated heterocycles. The summed E-state index contributed by atoms with van der Waals surface area (Å²) in [7, 11) is 0. The molecule has 0 aliphatic carbocycles. The molecule has 1 rings (SSSR count). The molecule has 0 N–H and O–H groups in total. The first-order valence-corrected chi connectivity index (χ1v) is 5.99. The van der Waals surface area contributed by atoms with Crippen LogP contribution in [0, 0.1) is 0 Å². The van der Waals surface area contributed by atoms with E-state index in [1.54, 1.807) is 0 Å². The summed E-state index contributed by atoms with van der Waals surface area (Å²) in [5.41, 5.74) is 0. The van der Waals surface area contributed by atoms with Crippen LogP contribution in [0.1, 0.15) is 27.2 Å². The second kappa shape index (κ2) is 7.08. The van der Waals surface area contributed by atoms with Crippen LogP contribution in [0.4, 0.5) is 0 Å². The molecule has 1 aliphatic rings. The Morgan fingerprint density at radius 1 is 1.05 bits per heavy atom. The zero-order chi connectivity index (χ0) is 14.4. The van der Waals surface area contributed by atoms with Crippen LogP contribution < -0.4 is 0 Å². The second-order valence-electron chi connectivity index (χ2n) is 4.22. The molecule has 0 aromatic heterocycles. The van der Waals surface area contributed by atoms with E-state index in [-0.39, 0.29) is 6.61 Å². The molecule has 1 fully saturated rings. The lowest BCUT2D eigenvalue weighted by Gasteiger charge is -2.36. The maximum Gasteiger partial charge on any atom is 0.303 e. The standard InChI is InChI=1S/C12H18O7/c1-7(13)17-6-11-12(19-9(3)15)10(4-5-16-11)18-8(2)14/h10-12H,4-6H2,1-3H3. The van der Waals surface area contributed by atoms with Crippen LogP contribution in [0.25, 0.3) is 0 Å². The first-order valence-electron chi connectivity index (χ1n) is 5.99. The summed E-state index contributed by atoms with van der Waals surface area (Å²) in [6, 6.07) is 0. The molecule has 3 atom stereocenters. The summed E-state index contributed by atoms with van der Waals surface area (Å²) in [5, 5.41) is 0. The van der Waals surface area contributed by atoms with Crippen LogP contribution in [-0.2, 0) is 33.3 Å². The molecule has 0 radical (unpaired) electrons. The first-order chi connectivity index (χ1) is 8.90. The van der Waals surface area contributed by atoms with Crippen LogP contribution in [0.15, 0.2) is 0 Å². The van der Waals surface area contributed by atoms with Crippen molar-refractivity contribution in [2.45, 2.75) is 45.5 Å². The molecule has 7 heteroatoms. The van der Waals surface area contributed by atoms with Gasteiger partial charge in [-0.3, -0.25) is 14.4 Å². The van der Waals surface area contributed by atoms with Gasteiger partial charge in [-0.25, -0.2) is 0 Å². The summed E-state index contributed by atoms with van der Waals surface area (Å²) in [5.74, 6) is -1.43. The SMILES string of the molecule is CC(=O)OCC1OCCC(OC(C)=O)C1OC(C)=O. The minimum atomic E-state index is -0.769. The Hall–Kier alpha value is -1.63. The summed E-state index contributed by atoms with van der Waals surface area (Å²) in [6.07, 6.45) is -1.57. The molecule has 0 saturated carbocycles. The van der Waals surface area contributed by atoms with E-state index in [9.17, 15) is 14.4 Å². The molecule has 1 aliphatic heterocycles. The third kappa shape index (κ3) is 5.25. The van der Waals surface area contributed by atoms with E-state index < -0.39 is 36.2 Å². The zero-order valence-corrected chi connectivity index (χ0v) is 11.2. The van der Waals surface area contributed by atoms with E-state index in [0.717, 1.165) is 0 Å². The van der Waals surface area contributed by atoms with Gasteiger partial charge in [-0.2, -0.15) is 0 Å². The summed E-state index contributed by atoms with van der Waals surface area (Å²) >= 11 is 0. The maximum absolute atomic E-state index is 11.1. The third-order valence-electron chi connectivity index (χ3n) is 2.54. The predicted molar refractivity (Wildman–Crippen MR) is 62.1 cm³/mol. The number of carbonyl (C=O) groups is 3. The third-order valence-corrected chi connectivity index (χ3v) is 2.54. The molecule has 0 aromatic carbocycles. The van der Waals surface area contributed by atoms with Crippen molar-refractivity contribution in [3.8, 4) is 0 Å². The lowest BCUT2D eigenvalue weighted by Crippen LogP contribution is -2.50. The number of ether oxygens (including phenoxy) is 4. The van der Waals surface area contributed by atoms with Crippen molar-refractivity contribution in [3.63, 3.8) is 0 Å². The monoisotopic (exact) mass is 274 g/mol. The number of hydrogen-bond acceptors (Lipinski definition) is 7. The zero-order valence-electron chi connectivity index (χ0n) is 11.2. The van der Waals surface area contributed by atoms with Crippen molar-refractivity contribution in [1.82, 2.24) is 0 Å². The number of rotatable bonds is 4. The van der Waals surface area contributed by atoms with E-state index in [1.165, 1.54) is 20.8 Å². The van der Waals surface area contributed by atoms with Crippen molar-refractivity contribution >= 4 is 17.9 Å². The second-order valence-corrected chi connectivity index (χ2v) is 4.22. The normalized spacial score (nSPS) is 26.4. The van der Waals surface area contributed by atoms with E-state index >= 15 is 0 Å². The molecule has 19 heavy (non-hydrogen) atoms. The van der Waals surface area contributed by atoms with Crippen molar-refractivity contribution in [2.75, 3.05) is 13.2 Å². The van der Waals surface area contributed by atoms with Gasteiger partial charge in [0.2, 0.25) is 0 Å². The Morgan fingerprint density at radius 3 is 2.21 bits per heavy atom. The minimum absolute atomic E-state index is 0.0506. The molecule has 108 valence electrons. The van der Waals surface area contributed by atoms with E-state index in [4.69, 9.17) is 18.9 Å². The Labute approximate surface area is 111 Å². The van der Waals surface area contributed by atoms with E-state index in [2.05, 4.69) is 0 Å². The van der Waals surface area contributed by atoms with Crippen LogP contribution in [0.5, 0.6) is 0 Å². The average Bonchev–Trinajstić information content (AvgIpc) is 2.28. The van der Waals surface area contributed by atoms with Gasteiger partial charge in [-0.05, 0) is 0 Å². The van der Waals surface area contributed by atoms with Crippen LogP contribution >= 0.6 is 0 Å². The molecular weight excluding hydrogens is 256 g/mol. The summed E-state index contributed by atoms with van der Waals surface area (Å²) in [4.78, 5) is 32.9. The van der Waals surface area contributed by atoms with Gasteiger partial charge in [0, 0.05) is 27.2 Å². The summed E-state index contributed by atoms with van der Waals surface area (Å²) in [6.45, 7) is 4.09. The van der Waals surface area contributed by atoms with Gasteiger partial charge in [0.25, 0.3) is 0 Å². The van der Waals surface area contributed by atoms with Crippen molar-refractivity contribution in [1.29, 1.82) is 0 Å². The highest BCUT2D eigenvalue weighted by molar-refractivity contribution is 5.67. The number of esters is 3. The molecule has 3 unspecified atom stereocenters. The molecule has 7 nitrogen and oxygen atoms in total. The largest absolute Gasteiger partial charge is 0.463 e. The fourth-order valence-electron chi connectivity index (χ4n) is 1.86. The minimum Gasteiger partial charge on any atom is -0.463 e. The summed E-state index contributed by atoms with van der Waals surface area (Å²) < 4.78 is 20.5. The fraction of sp³-hybridized carbons (Fsp3) is 0.750. The predicted octanol–water partition coefficient (Wildman–Crippen LogP) is 0.202. The highest BCUT2D eigenvalue weighted by Crippen LogP contribution is 2.22. The van der Waals surface area contributed by atoms with Crippen molar-refractivity contribution < 1.29 is 33.3 Å². The van der Waals surface area contributed by atoms with Gasteiger partial charge in [-0.15, -0.1) is 0 Å². The molecule has 0 spiro atoms. The van der Waals surface area contributed by atoms with Gasteiger partial charge in [0.1, 0.15) is 18.8 Å². The van der Waals surface area contributed by atoms with E-state index in [1.807, 2.05) is 0 Å². The van der Waals surface area contributed by atoms with Crippen LogP contribution in [0.2, 0.25) is 0 Å². The maximum atomic E-state index is 11.1. The highest BCUT2D eigenvalue weighted by atomic mass is 16.6. The number of hydrogen-bond donors (Lipinski definition) is 0. The smallest absolute Gasteiger partial charge is 0.303 e. The Bertz CT molecular complexity index is 352. The Balaban J connectivity index is 2.72. The van der Waals surface area contributed by atoms with Crippen LogP contribution in [-0.4, -0.2) is 49.4 Å². The quantitative estimate of drug-likeness (QED) is 0.534. The van der Waals surface area contributed by atoms with Gasteiger partial charge < -0.3 is 18.9 Å². The molecule has 0 aromatic rings. The molecule has 0 amide bonds. The average molecular weight is 274 g/mol. The molecule has 1 heterocycles. The number of carbonyl (C=O) groups excluding carboxylic acids is 3. The Kier molecular flexibility index (Phi) is 5.75. The first kappa shape index (κ1) is 15.4. The fourth-order valence-corrected chi connectivity index (χ4v) is 1.86. The van der Waals surface area contributed by atoms with E-state index in [0.29, 0.717) is 13.0 Å². The molecule has 0 bridgehead atoms. The van der Waals surface area contributed by atoms with Gasteiger partial charge in [0.15, 0.2) is 6.10 Å². The topological polar surface area (TPSA) is 88.1 Å². The van der Waals surface area contributed by atoms with Gasteiger partial charge >= 0.3 is 17.9 Å². The lowest BCUT2D eigenvalue weighted by atomic mass is 10.0. The molecular formula is C12H18O7. The lowest BCUT2D eigenvalue weighted by molar-refractivity contribution is -0.200. The Morgan fingerprint density at radius 2 is 1.68 bits per heavy atom. The van der Waals surface area contributed by atoms with Crippen molar-refractivity contribution in [3.05, 3.63) is 0 Å². The van der Waals surface area contributed by atoms with Gasteiger partial charge in [0.05, 0.1) is 6.61 Å². The van der Waals surface area contributed by atoms with Crippen LogP contribution in [0.3, 0.4) is 0 Å². The van der Waals surface area contributed by atoms with Gasteiger partial charge in [-0.1, -0.05) is 0 Å².